The molecular weight excluding hydrogens is 194 g/mol. The third kappa shape index (κ3) is 1.41. The molecule has 0 unspecified atom stereocenters. The van der Waals surface area contributed by atoms with E-state index in [4.69, 9.17) is 0 Å². The summed E-state index contributed by atoms with van der Waals surface area (Å²) in [5.74, 6) is 0. The van der Waals surface area contributed by atoms with Crippen molar-refractivity contribution in [1.82, 2.24) is 4.40 Å². The van der Waals surface area contributed by atoms with Gasteiger partial charge < -0.3 is 4.40 Å². The number of fused-ring (bicyclic) bond motifs is 1. The summed E-state index contributed by atoms with van der Waals surface area (Å²) in [6, 6.07) is 16.8. The molecule has 0 aliphatic rings. The van der Waals surface area contributed by atoms with Crippen molar-refractivity contribution in [2.75, 3.05) is 0 Å². The van der Waals surface area contributed by atoms with Crippen molar-refractivity contribution in [2.45, 2.75) is 6.92 Å². The van der Waals surface area contributed by atoms with Crippen molar-refractivity contribution < 1.29 is 0 Å². The van der Waals surface area contributed by atoms with Crippen molar-refractivity contribution in [3.8, 4) is 11.1 Å². The van der Waals surface area contributed by atoms with Gasteiger partial charge in [-0.2, -0.15) is 0 Å². The summed E-state index contributed by atoms with van der Waals surface area (Å²) >= 11 is 0. The van der Waals surface area contributed by atoms with Gasteiger partial charge in [0.15, 0.2) is 0 Å². The van der Waals surface area contributed by atoms with Crippen LogP contribution in [-0.2, 0) is 0 Å². The fraction of sp³-hybridized carbons (Fsp3) is 0.0667. The molecule has 1 heteroatoms. The molecule has 1 nitrogen and oxygen atoms in total. The van der Waals surface area contributed by atoms with Gasteiger partial charge in [0.2, 0.25) is 0 Å². The molecule has 0 saturated carbocycles. The lowest BCUT2D eigenvalue weighted by molar-refractivity contribution is 1.19. The molecule has 0 aliphatic heterocycles. The molecular formula is C15H12N. The lowest BCUT2D eigenvalue weighted by Gasteiger charge is -2.01. The lowest BCUT2D eigenvalue weighted by Crippen LogP contribution is -1.81. The Morgan fingerprint density at radius 1 is 1.00 bits per heavy atom. The maximum absolute atomic E-state index is 3.22. The van der Waals surface area contributed by atoms with Crippen LogP contribution in [0.3, 0.4) is 0 Å². The summed E-state index contributed by atoms with van der Waals surface area (Å²) in [5.41, 5.74) is 4.97. The summed E-state index contributed by atoms with van der Waals surface area (Å²) in [6.45, 7) is 2.10. The first-order valence-corrected chi connectivity index (χ1v) is 5.39. The van der Waals surface area contributed by atoms with Crippen molar-refractivity contribution in [3.05, 3.63) is 66.5 Å². The minimum Gasteiger partial charge on any atom is -0.314 e. The molecule has 0 bridgehead atoms. The molecule has 1 radical (unpaired) electrons. The second-order valence-corrected chi connectivity index (χ2v) is 4.01. The zero-order valence-electron chi connectivity index (χ0n) is 9.14. The molecule has 0 amide bonds. The summed E-state index contributed by atoms with van der Waals surface area (Å²) in [4.78, 5) is 0. The van der Waals surface area contributed by atoms with E-state index in [-0.39, 0.29) is 0 Å². The van der Waals surface area contributed by atoms with E-state index in [1.54, 1.807) is 0 Å². The van der Waals surface area contributed by atoms with Crippen LogP contribution in [0.2, 0.25) is 0 Å². The van der Waals surface area contributed by atoms with Gasteiger partial charge in [-0.1, -0.05) is 35.9 Å². The van der Waals surface area contributed by atoms with Gasteiger partial charge in [-0.05, 0) is 30.7 Å². The molecule has 0 atom stereocenters. The van der Waals surface area contributed by atoms with Crippen LogP contribution in [0.1, 0.15) is 5.56 Å². The van der Waals surface area contributed by atoms with Gasteiger partial charge in [0.25, 0.3) is 0 Å². The van der Waals surface area contributed by atoms with Gasteiger partial charge in [-0.15, -0.1) is 0 Å². The Morgan fingerprint density at radius 2 is 1.81 bits per heavy atom. The SMILES string of the molecule is Cc1ccc(-c2c[c]n3ccccc23)cc1. The predicted molar refractivity (Wildman–Crippen MR) is 66.4 cm³/mol. The number of benzene rings is 1. The number of rotatable bonds is 1. The van der Waals surface area contributed by atoms with Crippen LogP contribution in [-0.4, -0.2) is 4.40 Å². The smallest absolute Gasteiger partial charge is 0.0704 e. The molecule has 16 heavy (non-hydrogen) atoms. The number of pyridine rings is 1. The first kappa shape index (κ1) is 9.22. The first-order valence-electron chi connectivity index (χ1n) is 5.39. The standard InChI is InChI=1S/C15H12N/c1-12-5-7-13(8-6-12)14-9-11-16-10-3-2-4-15(14)16/h2-10H,1H3. The summed E-state index contributed by atoms with van der Waals surface area (Å²) in [5, 5.41) is 0. The largest absolute Gasteiger partial charge is 0.314 e. The quantitative estimate of drug-likeness (QED) is 0.571. The molecule has 3 rings (SSSR count). The molecule has 2 heterocycles. The zero-order valence-corrected chi connectivity index (χ0v) is 9.14. The van der Waals surface area contributed by atoms with Gasteiger partial charge in [0, 0.05) is 11.8 Å². The van der Waals surface area contributed by atoms with Gasteiger partial charge in [0.05, 0.1) is 11.7 Å². The van der Waals surface area contributed by atoms with Crippen LogP contribution in [0.5, 0.6) is 0 Å². The topological polar surface area (TPSA) is 4.41 Å². The number of aryl methyl sites for hydroxylation is 1. The molecule has 3 aromatic rings. The van der Waals surface area contributed by atoms with E-state index in [9.17, 15) is 0 Å². The predicted octanol–water partition coefficient (Wildman–Crippen LogP) is 3.71. The van der Waals surface area contributed by atoms with Crippen molar-refractivity contribution >= 4 is 5.52 Å². The van der Waals surface area contributed by atoms with E-state index in [1.807, 2.05) is 22.7 Å². The van der Waals surface area contributed by atoms with E-state index in [0.29, 0.717) is 0 Å². The highest BCUT2D eigenvalue weighted by molar-refractivity contribution is 5.80. The highest BCUT2D eigenvalue weighted by Gasteiger charge is 2.03. The maximum Gasteiger partial charge on any atom is 0.0704 e. The van der Waals surface area contributed by atoms with Gasteiger partial charge >= 0.3 is 0 Å². The second-order valence-electron chi connectivity index (χ2n) is 4.01. The van der Waals surface area contributed by atoms with Gasteiger partial charge in [-0.25, -0.2) is 0 Å². The molecule has 0 fully saturated rings. The zero-order chi connectivity index (χ0) is 11.0. The monoisotopic (exact) mass is 206 g/mol. The van der Waals surface area contributed by atoms with Crippen LogP contribution in [0.15, 0.2) is 54.7 Å². The van der Waals surface area contributed by atoms with E-state index in [1.165, 1.54) is 22.2 Å². The molecule has 0 saturated heterocycles. The Bertz CT molecular complexity index is 617. The van der Waals surface area contributed by atoms with Crippen LogP contribution in [0.25, 0.3) is 16.6 Å². The number of nitrogens with zero attached hydrogens (tertiary/aromatic N) is 1. The summed E-state index contributed by atoms with van der Waals surface area (Å²) in [7, 11) is 0. The summed E-state index contributed by atoms with van der Waals surface area (Å²) < 4.78 is 2.02. The molecule has 0 spiro atoms. The van der Waals surface area contributed by atoms with E-state index < -0.39 is 0 Å². The average molecular weight is 206 g/mol. The number of hydrogen-bond acceptors (Lipinski definition) is 0. The Labute approximate surface area is 95.0 Å². The lowest BCUT2D eigenvalue weighted by atomic mass is 10.1. The van der Waals surface area contributed by atoms with Crippen LogP contribution < -0.4 is 0 Å². The van der Waals surface area contributed by atoms with Crippen molar-refractivity contribution in [2.24, 2.45) is 0 Å². The van der Waals surface area contributed by atoms with Gasteiger partial charge in [-0.3, -0.25) is 0 Å². The third-order valence-corrected chi connectivity index (χ3v) is 2.85. The van der Waals surface area contributed by atoms with E-state index >= 15 is 0 Å². The molecule has 77 valence electrons. The number of hydrogen-bond donors (Lipinski definition) is 0. The minimum absolute atomic E-state index is 1.20. The Kier molecular flexibility index (Phi) is 2.03. The first-order chi connectivity index (χ1) is 7.84. The third-order valence-electron chi connectivity index (χ3n) is 2.85. The summed E-state index contributed by atoms with van der Waals surface area (Å²) in [6.07, 6.45) is 5.24. The average Bonchev–Trinajstić information content (AvgIpc) is 2.74. The normalized spacial score (nSPS) is 10.8. The van der Waals surface area contributed by atoms with Crippen LogP contribution in [0.4, 0.5) is 0 Å². The molecule has 2 aromatic heterocycles. The highest BCUT2D eigenvalue weighted by atomic mass is 14.8. The number of aromatic nitrogens is 1. The van der Waals surface area contributed by atoms with Crippen LogP contribution in [0, 0.1) is 13.1 Å². The Morgan fingerprint density at radius 3 is 2.62 bits per heavy atom. The molecule has 0 aliphatic carbocycles. The maximum atomic E-state index is 3.22. The second kappa shape index (κ2) is 3.53. The van der Waals surface area contributed by atoms with Gasteiger partial charge in [0.1, 0.15) is 0 Å². The van der Waals surface area contributed by atoms with Crippen molar-refractivity contribution in [1.29, 1.82) is 0 Å². The fourth-order valence-electron chi connectivity index (χ4n) is 1.95. The highest BCUT2D eigenvalue weighted by Crippen LogP contribution is 2.25. The minimum atomic E-state index is 1.20. The van der Waals surface area contributed by atoms with E-state index in [2.05, 4.69) is 49.5 Å². The van der Waals surface area contributed by atoms with E-state index in [0.717, 1.165) is 0 Å². The van der Waals surface area contributed by atoms with Crippen molar-refractivity contribution in [3.63, 3.8) is 0 Å². The van der Waals surface area contributed by atoms with Crippen LogP contribution >= 0.6 is 0 Å². The fourth-order valence-corrected chi connectivity index (χ4v) is 1.95. The Hall–Kier alpha value is -2.02. The molecule has 0 N–H and O–H groups in total. The molecule has 1 aromatic carbocycles. The Balaban J connectivity index is 2.22.